The standard InChI is InChI=1S/C26H29BrN2O4/c1-5-29(22-16-15-20(24(30)28-22)25(31)33-26(2,3)4)23(27)19-13-9-10-14-21(19)32-17-18-11-7-6-8-12-18/h6-16,23H,5,17H2,1-4H3,(H,28,30). The molecule has 174 valence electrons. The molecule has 1 heterocycles. The van der Waals surface area contributed by atoms with Crippen LogP contribution < -0.4 is 15.2 Å². The van der Waals surface area contributed by atoms with E-state index in [9.17, 15) is 9.59 Å². The third-order valence-electron chi connectivity index (χ3n) is 4.85. The van der Waals surface area contributed by atoms with Crippen LogP contribution in [0.1, 0.15) is 54.1 Å². The first kappa shape index (κ1) is 24.6. The van der Waals surface area contributed by atoms with E-state index in [1.165, 1.54) is 6.07 Å². The fourth-order valence-electron chi connectivity index (χ4n) is 3.29. The summed E-state index contributed by atoms with van der Waals surface area (Å²) < 4.78 is 11.4. The number of nitrogens with one attached hydrogen (secondary N) is 1. The molecule has 0 saturated heterocycles. The van der Waals surface area contributed by atoms with Gasteiger partial charge in [-0.15, -0.1) is 0 Å². The van der Waals surface area contributed by atoms with Gasteiger partial charge < -0.3 is 19.4 Å². The molecule has 1 unspecified atom stereocenters. The molecule has 6 nitrogen and oxygen atoms in total. The molecule has 1 atom stereocenters. The average Bonchev–Trinajstić information content (AvgIpc) is 2.78. The maximum absolute atomic E-state index is 12.7. The molecule has 1 N–H and O–H groups in total. The zero-order valence-electron chi connectivity index (χ0n) is 19.3. The second-order valence-electron chi connectivity index (χ2n) is 8.52. The molecule has 0 aliphatic heterocycles. The number of halogens is 1. The van der Waals surface area contributed by atoms with Crippen molar-refractivity contribution >= 4 is 27.7 Å². The number of para-hydroxylation sites is 1. The summed E-state index contributed by atoms with van der Waals surface area (Å²) in [6.45, 7) is 8.33. The van der Waals surface area contributed by atoms with Gasteiger partial charge in [0.05, 0.1) is 0 Å². The minimum Gasteiger partial charge on any atom is -0.489 e. The summed E-state index contributed by atoms with van der Waals surface area (Å²) in [6.07, 6.45) is 0. The van der Waals surface area contributed by atoms with Crippen molar-refractivity contribution in [3.63, 3.8) is 0 Å². The molecule has 3 rings (SSSR count). The van der Waals surface area contributed by atoms with Crippen molar-refractivity contribution in [3.8, 4) is 5.75 Å². The smallest absolute Gasteiger partial charge is 0.344 e. The van der Waals surface area contributed by atoms with Crippen LogP contribution in [-0.2, 0) is 11.3 Å². The fourth-order valence-corrected chi connectivity index (χ4v) is 4.18. The Hall–Kier alpha value is -3.06. The van der Waals surface area contributed by atoms with E-state index in [1.807, 2.05) is 66.4 Å². The summed E-state index contributed by atoms with van der Waals surface area (Å²) in [5, 5.41) is 0. The number of benzene rings is 2. The van der Waals surface area contributed by atoms with E-state index in [0.717, 1.165) is 16.9 Å². The number of hydrogen-bond acceptors (Lipinski definition) is 5. The van der Waals surface area contributed by atoms with E-state index in [0.29, 0.717) is 19.0 Å². The lowest BCUT2D eigenvalue weighted by atomic mass is 10.1. The summed E-state index contributed by atoms with van der Waals surface area (Å²) in [7, 11) is 0. The minimum absolute atomic E-state index is 0.0255. The van der Waals surface area contributed by atoms with Crippen molar-refractivity contribution < 1.29 is 14.3 Å². The summed E-state index contributed by atoms with van der Waals surface area (Å²) in [4.78, 5) is 29.5. The summed E-state index contributed by atoms with van der Waals surface area (Å²) in [5.41, 5.74) is 0.804. The highest BCUT2D eigenvalue weighted by Crippen LogP contribution is 2.36. The predicted molar refractivity (Wildman–Crippen MR) is 134 cm³/mol. The molecule has 3 aromatic rings. The van der Waals surface area contributed by atoms with E-state index < -0.39 is 17.1 Å². The van der Waals surface area contributed by atoms with Crippen molar-refractivity contribution in [1.82, 2.24) is 4.98 Å². The second-order valence-corrected chi connectivity index (χ2v) is 9.39. The monoisotopic (exact) mass is 512 g/mol. The van der Waals surface area contributed by atoms with Crippen LogP contribution in [0, 0.1) is 0 Å². The highest BCUT2D eigenvalue weighted by Gasteiger charge is 2.24. The van der Waals surface area contributed by atoms with Gasteiger partial charge in [0.15, 0.2) is 0 Å². The molecule has 1 aromatic heterocycles. The van der Waals surface area contributed by atoms with E-state index >= 15 is 0 Å². The van der Waals surface area contributed by atoms with Gasteiger partial charge in [-0.25, -0.2) is 4.79 Å². The van der Waals surface area contributed by atoms with Gasteiger partial charge in [-0.3, -0.25) is 4.79 Å². The molecule has 0 fully saturated rings. The number of esters is 1. The molecular formula is C26H29BrN2O4. The van der Waals surface area contributed by atoms with Crippen molar-refractivity contribution in [2.24, 2.45) is 0 Å². The third-order valence-corrected chi connectivity index (χ3v) is 5.84. The van der Waals surface area contributed by atoms with Gasteiger partial charge in [0.1, 0.15) is 34.3 Å². The van der Waals surface area contributed by atoms with Crippen LogP contribution in [0.3, 0.4) is 0 Å². The molecule has 0 radical (unpaired) electrons. The predicted octanol–water partition coefficient (Wildman–Crippen LogP) is 5.83. The molecule has 0 amide bonds. The minimum atomic E-state index is -0.679. The Morgan fingerprint density at radius 1 is 1.03 bits per heavy atom. The van der Waals surface area contributed by atoms with E-state index in [-0.39, 0.29) is 10.5 Å². The Kier molecular flexibility index (Phi) is 7.97. The van der Waals surface area contributed by atoms with Crippen LogP contribution in [0.25, 0.3) is 0 Å². The Labute approximate surface area is 202 Å². The fraction of sp³-hybridized carbons (Fsp3) is 0.308. The number of aromatic nitrogens is 1. The normalized spacial score (nSPS) is 12.2. The Morgan fingerprint density at radius 3 is 2.33 bits per heavy atom. The van der Waals surface area contributed by atoms with Gasteiger partial charge >= 0.3 is 5.97 Å². The zero-order chi connectivity index (χ0) is 24.0. The van der Waals surface area contributed by atoms with Gasteiger partial charge in [-0.05, 0) is 51.5 Å². The molecular weight excluding hydrogens is 484 g/mol. The first-order valence-electron chi connectivity index (χ1n) is 10.8. The number of hydrogen-bond donors (Lipinski definition) is 1. The first-order chi connectivity index (χ1) is 15.7. The van der Waals surface area contributed by atoms with Crippen molar-refractivity contribution in [1.29, 1.82) is 0 Å². The van der Waals surface area contributed by atoms with Gasteiger partial charge in [-0.2, -0.15) is 0 Å². The summed E-state index contributed by atoms with van der Waals surface area (Å²) in [6, 6.07) is 21.0. The van der Waals surface area contributed by atoms with Gasteiger partial charge in [-0.1, -0.05) is 64.5 Å². The maximum Gasteiger partial charge on any atom is 0.344 e. The third kappa shape index (κ3) is 6.48. The Morgan fingerprint density at radius 2 is 1.70 bits per heavy atom. The lowest BCUT2D eigenvalue weighted by molar-refractivity contribution is 0.00675. The van der Waals surface area contributed by atoms with Crippen LogP contribution in [0.4, 0.5) is 5.82 Å². The van der Waals surface area contributed by atoms with Crippen LogP contribution in [-0.4, -0.2) is 23.1 Å². The number of alkyl halides is 1. The summed E-state index contributed by atoms with van der Waals surface area (Å²) >= 11 is 3.77. The SMILES string of the molecule is CCN(c1ccc(C(=O)OC(C)(C)C)c(=O)[nH]1)C(Br)c1ccccc1OCc1ccccc1. The highest BCUT2D eigenvalue weighted by atomic mass is 79.9. The second kappa shape index (κ2) is 10.7. The van der Waals surface area contributed by atoms with E-state index in [1.54, 1.807) is 26.8 Å². The highest BCUT2D eigenvalue weighted by molar-refractivity contribution is 9.09. The Bertz CT molecular complexity index is 1140. The number of carbonyl (C=O) groups is 1. The number of anilines is 1. The number of aromatic amines is 1. The first-order valence-corrected chi connectivity index (χ1v) is 11.7. The summed E-state index contributed by atoms with van der Waals surface area (Å²) in [5.74, 6) is 0.678. The maximum atomic E-state index is 12.7. The molecule has 0 saturated carbocycles. The Balaban J connectivity index is 1.83. The number of pyridine rings is 1. The number of carbonyl (C=O) groups excluding carboxylic acids is 1. The van der Waals surface area contributed by atoms with Gasteiger partial charge in [0.25, 0.3) is 5.56 Å². The molecule has 0 spiro atoms. The number of nitrogens with zero attached hydrogens (tertiary/aromatic N) is 1. The topological polar surface area (TPSA) is 71.6 Å². The van der Waals surface area contributed by atoms with Crippen molar-refractivity contribution in [2.45, 2.75) is 44.9 Å². The van der Waals surface area contributed by atoms with Crippen molar-refractivity contribution in [2.75, 3.05) is 11.4 Å². The lowest BCUT2D eigenvalue weighted by Gasteiger charge is -2.29. The van der Waals surface area contributed by atoms with Crippen LogP contribution in [0.5, 0.6) is 5.75 Å². The average molecular weight is 513 g/mol. The number of rotatable bonds is 8. The van der Waals surface area contributed by atoms with Crippen molar-refractivity contribution in [3.05, 3.63) is 93.8 Å². The number of ether oxygens (including phenoxy) is 2. The molecule has 2 aromatic carbocycles. The van der Waals surface area contributed by atoms with Crippen LogP contribution in [0.2, 0.25) is 0 Å². The lowest BCUT2D eigenvalue weighted by Crippen LogP contribution is -2.31. The largest absolute Gasteiger partial charge is 0.489 e. The molecule has 7 heteroatoms. The van der Waals surface area contributed by atoms with Crippen LogP contribution in [0.15, 0.2) is 71.5 Å². The van der Waals surface area contributed by atoms with Gasteiger partial charge in [0.2, 0.25) is 0 Å². The van der Waals surface area contributed by atoms with E-state index in [4.69, 9.17) is 9.47 Å². The molecule has 0 aliphatic rings. The molecule has 33 heavy (non-hydrogen) atoms. The quantitative estimate of drug-likeness (QED) is 0.233. The zero-order valence-corrected chi connectivity index (χ0v) is 20.9. The van der Waals surface area contributed by atoms with E-state index in [2.05, 4.69) is 20.9 Å². The van der Waals surface area contributed by atoms with Crippen LogP contribution >= 0.6 is 15.9 Å². The number of H-pyrrole nitrogens is 1. The van der Waals surface area contributed by atoms with Gasteiger partial charge in [0, 0.05) is 12.1 Å². The molecule has 0 aliphatic carbocycles. The molecule has 0 bridgehead atoms.